The minimum absolute atomic E-state index is 0.0347. The van der Waals surface area contributed by atoms with Crippen molar-refractivity contribution in [2.24, 2.45) is 0 Å². The van der Waals surface area contributed by atoms with Crippen molar-refractivity contribution in [2.75, 3.05) is 13.1 Å². The van der Waals surface area contributed by atoms with Crippen molar-refractivity contribution in [1.82, 2.24) is 10.2 Å². The Morgan fingerprint density at radius 2 is 2.16 bits per heavy atom. The zero-order valence-corrected chi connectivity index (χ0v) is 11.0. The summed E-state index contributed by atoms with van der Waals surface area (Å²) in [5, 5.41) is 2.91. The topological polar surface area (TPSA) is 32.3 Å². The summed E-state index contributed by atoms with van der Waals surface area (Å²) in [7, 11) is 0. The maximum Gasteiger partial charge on any atom is 0.236 e. The van der Waals surface area contributed by atoms with Crippen molar-refractivity contribution >= 4 is 5.91 Å². The van der Waals surface area contributed by atoms with E-state index >= 15 is 0 Å². The Balaban J connectivity index is 1.81. The van der Waals surface area contributed by atoms with E-state index in [-0.39, 0.29) is 19.0 Å². The molecule has 1 aromatic carbocycles. The molecule has 5 heteroatoms. The van der Waals surface area contributed by atoms with Gasteiger partial charge in [-0.2, -0.15) is 0 Å². The first kappa shape index (κ1) is 13.9. The molecule has 0 spiro atoms. The van der Waals surface area contributed by atoms with Crippen LogP contribution in [0.15, 0.2) is 18.2 Å². The predicted molar refractivity (Wildman–Crippen MR) is 68.5 cm³/mol. The summed E-state index contributed by atoms with van der Waals surface area (Å²) in [4.78, 5) is 13.7. The molecule has 2 rings (SSSR count). The van der Waals surface area contributed by atoms with Gasteiger partial charge < -0.3 is 10.2 Å². The van der Waals surface area contributed by atoms with E-state index < -0.39 is 11.6 Å². The van der Waals surface area contributed by atoms with Crippen LogP contribution in [0.5, 0.6) is 0 Å². The van der Waals surface area contributed by atoms with Gasteiger partial charge in [0.1, 0.15) is 11.6 Å². The number of benzene rings is 1. The van der Waals surface area contributed by atoms with Crippen molar-refractivity contribution in [3.05, 3.63) is 35.4 Å². The number of nitrogens with zero attached hydrogens (tertiary/aromatic N) is 1. The van der Waals surface area contributed by atoms with Crippen LogP contribution < -0.4 is 5.32 Å². The van der Waals surface area contributed by atoms with E-state index in [4.69, 9.17) is 0 Å². The lowest BCUT2D eigenvalue weighted by molar-refractivity contribution is -0.130. The molecule has 1 N–H and O–H groups in total. The second kappa shape index (κ2) is 6.10. The molecule has 1 saturated carbocycles. The van der Waals surface area contributed by atoms with Crippen LogP contribution in [0.2, 0.25) is 0 Å². The van der Waals surface area contributed by atoms with Crippen molar-refractivity contribution in [2.45, 2.75) is 32.4 Å². The lowest BCUT2D eigenvalue weighted by Gasteiger charge is -2.20. The number of carbonyl (C=O) groups is 1. The summed E-state index contributed by atoms with van der Waals surface area (Å²) in [5.74, 6) is -1.15. The van der Waals surface area contributed by atoms with E-state index in [2.05, 4.69) is 5.32 Å². The molecule has 3 nitrogen and oxygen atoms in total. The van der Waals surface area contributed by atoms with Gasteiger partial charge in [-0.3, -0.25) is 4.79 Å². The van der Waals surface area contributed by atoms with Crippen molar-refractivity contribution in [3.63, 3.8) is 0 Å². The number of rotatable bonds is 6. The summed E-state index contributed by atoms with van der Waals surface area (Å²) in [6.45, 7) is 3.06. The lowest BCUT2D eigenvalue weighted by Crippen LogP contribution is -2.39. The van der Waals surface area contributed by atoms with Crippen LogP contribution in [0.3, 0.4) is 0 Å². The summed E-state index contributed by atoms with van der Waals surface area (Å²) in [6.07, 6.45) is 2.15. The Morgan fingerprint density at radius 3 is 2.74 bits per heavy atom. The minimum atomic E-state index is -0.594. The molecule has 19 heavy (non-hydrogen) atoms. The Morgan fingerprint density at radius 1 is 1.42 bits per heavy atom. The molecule has 0 heterocycles. The molecule has 1 aliphatic carbocycles. The predicted octanol–water partition coefficient (Wildman–Crippen LogP) is 2.07. The monoisotopic (exact) mass is 268 g/mol. The molecule has 1 amide bonds. The summed E-state index contributed by atoms with van der Waals surface area (Å²) < 4.78 is 26.1. The second-order valence-corrected chi connectivity index (χ2v) is 4.75. The molecule has 104 valence electrons. The maximum atomic E-state index is 13.4. The Kier molecular flexibility index (Phi) is 4.47. The molecule has 0 aliphatic heterocycles. The standard InChI is InChI=1S/C14H18F2N2O/c1-2-18(12-5-6-12)14(19)9-17-8-10-3-4-11(15)7-13(10)16/h3-4,7,12,17H,2,5-6,8-9H2,1H3. The van der Waals surface area contributed by atoms with Crippen LogP contribution in [0, 0.1) is 11.6 Å². The van der Waals surface area contributed by atoms with Crippen LogP contribution in [0.4, 0.5) is 8.78 Å². The highest BCUT2D eigenvalue weighted by molar-refractivity contribution is 5.78. The number of hydrogen-bond acceptors (Lipinski definition) is 2. The number of nitrogens with one attached hydrogen (secondary N) is 1. The second-order valence-electron chi connectivity index (χ2n) is 4.75. The van der Waals surface area contributed by atoms with Crippen LogP contribution >= 0.6 is 0 Å². The highest BCUT2D eigenvalue weighted by Crippen LogP contribution is 2.26. The maximum absolute atomic E-state index is 13.4. The van der Waals surface area contributed by atoms with Crippen molar-refractivity contribution < 1.29 is 13.6 Å². The average Bonchev–Trinajstić information content (AvgIpc) is 3.17. The van der Waals surface area contributed by atoms with E-state index in [0.717, 1.165) is 18.9 Å². The third-order valence-electron chi connectivity index (χ3n) is 3.26. The third kappa shape index (κ3) is 3.73. The minimum Gasteiger partial charge on any atom is -0.339 e. The van der Waals surface area contributed by atoms with Gasteiger partial charge in [-0.05, 0) is 25.8 Å². The Labute approximate surface area is 111 Å². The highest BCUT2D eigenvalue weighted by atomic mass is 19.1. The van der Waals surface area contributed by atoms with E-state index in [1.54, 1.807) is 0 Å². The van der Waals surface area contributed by atoms with Crippen molar-refractivity contribution in [1.29, 1.82) is 0 Å². The van der Waals surface area contributed by atoms with Gasteiger partial charge in [0.25, 0.3) is 0 Å². The molecule has 1 aromatic rings. The van der Waals surface area contributed by atoms with Crippen molar-refractivity contribution in [3.8, 4) is 0 Å². The van der Waals surface area contributed by atoms with Crippen LogP contribution in [-0.4, -0.2) is 29.9 Å². The fraction of sp³-hybridized carbons (Fsp3) is 0.500. The van der Waals surface area contributed by atoms with E-state index in [0.29, 0.717) is 18.2 Å². The van der Waals surface area contributed by atoms with Gasteiger partial charge in [-0.1, -0.05) is 6.07 Å². The quantitative estimate of drug-likeness (QED) is 0.856. The average molecular weight is 268 g/mol. The molecule has 1 fully saturated rings. The first-order chi connectivity index (χ1) is 9.11. The van der Waals surface area contributed by atoms with Gasteiger partial charge >= 0.3 is 0 Å². The molecular weight excluding hydrogens is 250 g/mol. The third-order valence-corrected chi connectivity index (χ3v) is 3.26. The normalized spacial score (nSPS) is 14.5. The molecule has 0 radical (unpaired) electrons. The molecule has 0 unspecified atom stereocenters. The molecule has 0 saturated heterocycles. The number of carbonyl (C=O) groups excluding carboxylic acids is 1. The van der Waals surface area contributed by atoms with E-state index in [9.17, 15) is 13.6 Å². The fourth-order valence-electron chi connectivity index (χ4n) is 2.10. The van der Waals surface area contributed by atoms with Crippen LogP contribution in [0.25, 0.3) is 0 Å². The molecule has 0 aromatic heterocycles. The number of amides is 1. The van der Waals surface area contributed by atoms with Gasteiger partial charge in [0, 0.05) is 30.8 Å². The fourth-order valence-corrected chi connectivity index (χ4v) is 2.10. The smallest absolute Gasteiger partial charge is 0.236 e. The molecule has 0 atom stereocenters. The number of likely N-dealkylation sites (N-methyl/N-ethyl adjacent to an activating group) is 1. The zero-order chi connectivity index (χ0) is 13.8. The molecule has 1 aliphatic rings. The van der Waals surface area contributed by atoms with Crippen LogP contribution in [0.1, 0.15) is 25.3 Å². The van der Waals surface area contributed by atoms with E-state index in [1.165, 1.54) is 12.1 Å². The Bertz CT molecular complexity index is 461. The van der Waals surface area contributed by atoms with Crippen LogP contribution in [-0.2, 0) is 11.3 Å². The molecule has 0 bridgehead atoms. The van der Waals surface area contributed by atoms with Gasteiger partial charge in [-0.15, -0.1) is 0 Å². The summed E-state index contributed by atoms with van der Waals surface area (Å²) in [6, 6.07) is 3.84. The van der Waals surface area contributed by atoms with E-state index in [1.807, 2.05) is 11.8 Å². The summed E-state index contributed by atoms with van der Waals surface area (Å²) in [5.41, 5.74) is 0.365. The van der Waals surface area contributed by atoms with Gasteiger partial charge in [0.05, 0.1) is 6.54 Å². The lowest BCUT2D eigenvalue weighted by atomic mass is 10.2. The van der Waals surface area contributed by atoms with Gasteiger partial charge in [-0.25, -0.2) is 8.78 Å². The SMILES string of the molecule is CCN(C(=O)CNCc1ccc(F)cc1F)C1CC1. The Hall–Kier alpha value is -1.49. The first-order valence-electron chi connectivity index (χ1n) is 6.56. The zero-order valence-electron chi connectivity index (χ0n) is 11.0. The van der Waals surface area contributed by atoms with Gasteiger partial charge in [0.2, 0.25) is 5.91 Å². The van der Waals surface area contributed by atoms with Gasteiger partial charge in [0.15, 0.2) is 0 Å². The largest absolute Gasteiger partial charge is 0.339 e. The summed E-state index contributed by atoms with van der Waals surface area (Å²) >= 11 is 0. The highest BCUT2D eigenvalue weighted by Gasteiger charge is 2.30. The number of halogens is 2. The number of hydrogen-bond donors (Lipinski definition) is 1. The first-order valence-corrected chi connectivity index (χ1v) is 6.56. The molecular formula is C14H18F2N2O.